The molecule has 1 aromatic carbocycles. The van der Waals surface area contributed by atoms with Gasteiger partial charge in [-0.1, -0.05) is 27.7 Å². The predicted molar refractivity (Wildman–Crippen MR) is 144 cm³/mol. The third-order valence-electron chi connectivity index (χ3n) is 5.38. The van der Waals surface area contributed by atoms with E-state index >= 15 is 0 Å². The summed E-state index contributed by atoms with van der Waals surface area (Å²) in [5, 5.41) is 10.6. The minimum Gasteiger partial charge on any atom is -0.443 e. The van der Waals surface area contributed by atoms with Crippen LogP contribution in [0.25, 0.3) is 0 Å². The van der Waals surface area contributed by atoms with E-state index in [2.05, 4.69) is 14.1 Å². The Hall–Kier alpha value is -2.37. The summed E-state index contributed by atoms with van der Waals surface area (Å²) in [6.45, 7) is 17.2. The average molecular weight is 556 g/mol. The van der Waals surface area contributed by atoms with Gasteiger partial charge in [-0.2, -0.15) is 0 Å². The molecular formula is C26H38FN3O5S2. The van der Waals surface area contributed by atoms with Crippen LogP contribution in [0, 0.1) is 5.82 Å². The zero-order valence-electron chi connectivity index (χ0n) is 23.1. The largest absolute Gasteiger partial charge is 0.443 e. The van der Waals surface area contributed by atoms with Gasteiger partial charge in [-0.15, -0.1) is 15.7 Å². The first-order chi connectivity index (χ1) is 16.7. The van der Waals surface area contributed by atoms with Crippen LogP contribution in [-0.4, -0.2) is 31.9 Å². The zero-order chi connectivity index (χ0) is 28.5. The van der Waals surface area contributed by atoms with Gasteiger partial charge in [0, 0.05) is 0 Å². The first kappa shape index (κ1) is 30.9. The summed E-state index contributed by atoms with van der Waals surface area (Å²) < 4.78 is 40.0. The van der Waals surface area contributed by atoms with Crippen molar-refractivity contribution in [2.75, 3.05) is 0 Å². The first-order valence-corrected chi connectivity index (χ1v) is 14.4. The van der Waals surface area contributed by atoms with E-state index in [0.717, 1.165) is 11.3 Å². The average Bonchev–Trinajstić information content (AvgIpc) is 3.22. The van der Waals surface area contributed by atoms with E-state index in [1.54, 1.807) is 27.7 Å². The molecule has 0 aliphatic heterocycles. The van der Waals surface area contributed by atoms with Gasteiger partial charge in [-0.3, -0.25) is 4.79 Å². The maximum Gasteiger partial charge on any atom is 0.420 e. The second kappa shape index (κ2) is 11.2. The molecule has 0 radical (unpaired) electrons. The highest BCUT2D eigenvalue weighted by molar-refractivity contribution is 7.94. The normalized spacial score (nSPS) is 14.9. The van der Waals surface area contributed by atoms with Crippen molar-refractivity contribution in [1.29, 1.82) is 0 Å². The lowest BCUT2D eigenvalue weighted by Crippen LogP contribution is -2.36. The van der Waals surface area contributed by atoms with E-state index < -0.39 is 44.9 Å². The second-order valence-electron chi connectivity index (χ2n) is 11.1. The number of rotatable bonds is 7. The highest BCUT2D eigenvalue weighted by atomic mass is 32.2. The predicted octanol–water partition coefficient (Wildman–Crippen LogP) is 6.35. The van der Waals surface area contributed by atoms with Gasteiger partial charge in [-0.25, -0.2) is 23.1 Å². The number of nitrogens with zero attached hydrogens (tertiary/aromatic N) is 2. The number of aliphatic hydroxyl groups is 1. The Morgan fingerprint density at radius 2 is 1.59 bits per heavy atom. The van der Waals surface area contributed by atoms with E-state index in [-0.39, 0.29) is 21.1 Å². The smallest absolute Gasteiger partial charge is 0.420 e. The summed E-state index contributed by atoms with van der Waals surface area (Å²) in [6, 6.07) is 2.81. The molecule has 0 spiro atoms. The molecule has 2 aromatic rings. The quantitative estimate of drug-likeness (QED) is 0.411. The van der Waals surface area contributed by atoms with Crippen molar-refractivity contribution in [3.05, 3.63) is 45.8 Å². The van der Waals surface area contributed by atoms with Gasteiger partial charge in [-0.05, 0) is 82.2 Å². The fourth-order valence-electron chi connectivity index (χ4n) is 3.65. The summed E-state index contributed by atoms with van der Waals surface area (Å²) in [5.74, 6) is -2.20. The molecule has 2 amide bonds. The van der Waals surface area contributed by atoms with Crippen LogP contribution in [0.1, 0.15) is 109 Å². The van der Waals surface area contributed by atoms with Crippen molar-refractivity contribution < 1.29 is 28.0 Å². The van der Waals surface area contributed by atoms with Crippen LogP contribution in [0.15, 0.2) is 26.9 Å². The van der Waals surface area contributed by atoms with Gasteiger partial charge >= 0.3 is 6.09 Å². The van der Waals surface area contributed by atoms with Crippen molar-refractivity contribution in [3.8, 4) is 0 Å². The summed E-state index contributed by atoms with van der Waals surface area (Å²) in [4.78, 5) is 30.3. The molecule has 206 valence electrons. The summed E-state index contributed by atoms with van der Waals surface area (Å²) >= 11 is 0.872. The minimum atomic E-state index is -3.88. The van der Waals surface area contributed by atoms with Crippen molar-refractivity contribution in [1.82, 2.24) is 9.71 Å². The van der Waals surface area contributed by atoms with Gasteiger partial charge in [0.2, 0.25) is 0 Å². The minimum absolute atomic E-state index is 0.0108. The summed E-state index contributed by atoms with van der Waals surface area (Å²) in [5.41, 5.74) is -0.276. The zero-order valence-corrected chi connectivity index (χ0v) is 24.8. The van der Waals surface area contributed by atoms with Gasteiger partial charge in [0.1, 0.15) is 26.2 Å². The van der Waals surface area contributed by atoms with Gasteiger partial charge in [0.25, 0.3) is 5.91 Å². The lowest BCUT2D eigenvalue weighted by atomic mass is 9.82. The summed E-state index contributed by atoms with van der Waals surface area (Å²) in [7, 11) is -3.88. The highest BCUT2D eigenvalue weighted by Crippen LogP contribution is 2.36. The van der Waals surface area contributed by atoms with E-state index in [1.807, 2.05) is 27.7 Å². The molecule has 0 saturated carbocycles. The molecule has 8 nitrogen and oxygen atoms in total. The number of nitrogens with one attached hydrogen (secondary N) is 1. The van der Waals surface area contributed by atoms with Gasteiger partial charge < -0.3 is 9.84 Å². The van der Waals surface area contributed by atoms with Crippen LogP contribution < -0.4 is 4.72 Å². The third-order valence-corrected chi connectivity index (χ3v) is 8.94. The molecule has 1 heterocycles. The molecule has 37 heavy (non-hydrogen) atoms. The highest BCUT2D eigenvalue weighted by Gasteiger charge is 2.31. The van der Waals surface area contributed by atoms with E-state index in [0.29, 0.717) is 16.7 Å². The molecule has 11 heteroatoms. The molecule has 0 aliphatic carbocycles. The number of benzene rings is 1. The van der Waals surface area contributed by atoms with Crippen molar-refractivity contribution in [2.24, 2.45) is 4.36 Å². The monoisotopic (exact) mass is 555 g/mol. The van der Waals surface area contributed by atoms with Crippen LogP contribution >= 0.6 is 11.3 Å². The third kappa shape index (κ3) is 7.81. The van der Waals surface area contributed by atoms with Crippen LogP contribution in [0.3, 0.4) is 0 Å². The number of carbonyl (C=O) groups is 2. The maximum atomic E-state index is 14.4. The van der Waals surface area contributed by atoms with Crippen LogP contribution in [0.2, 0.25) is 0 Å². The second-order valence-corrected chi connectivity index (χ2v) is 14.3. The topological polar surface area (TPSA) is 118 Å². The number of thiazole rings is 1. The molecular weight excluding hydrogens is 517 g/mol. The number of halogens is 1. The van der Waals surface area contributed by atoms with Crippen LogP contribution in [-0.2, 0) is 25.0 Å². The Labute approximate surface area is 223 Å². The van der Waals surface area contributed by atoms with E-state index in [1.165, 1.54) is 32.2 Å². The maximum absolute atomic E-state index is 14.4. The Balaban J connectivity index is 2.69. The number of carbonyl (C=O) groups excluding carboxylic acids is 2. The molecule has 0 fully saturated rings. The van der Waals surface area contributed by atoms with Gasteiger partial charge in [0.05, 0.1) is 12.1 Å². The number of aromatic nitrogens is 1. The Bertz CT molecular complexity index is 1250. The standard InChI is InChI=1S/C26H38FN3O5S2/c1-14(2)18-11-17(27)12-19(15(3)4)21(18)16(5)22(31)29-37(34,30-24(32)35-25(6,7)8)20-13-28-23(36-20)26(9,10)33/h11-16,33H,1-10H3,(H,29,30,31,32,34). The molecule has 2 rings (SSSR count). The van der Waals surface area contributed by atoms with Crippen molar-refractivity contribution >= 4 is 33.3 Å². The SMILES string of the molecule is CC(C)c1cc(F)cc(C(C)C)c1C(C)C(=O)N=S(=O)(NC(=O)OC(C)(C)C)c1cnc(C(C)(C)O)s1. The number of hydrogen-bond acceptors (Lipinski definition) is 7. The van der Waals surface area contributed by atoms with Crippen molar-refractivity contribution in [2.45, 2.75) is 102 Å². The van der Waals surface area contributed by atoms with E-state index in [9.17, 15) is 23.3 Å². The lowest BCUT2D eigenvalue weighted by Gasteiger charge is -2.23. The molecule has 0 aliphatic rings. The lowest BCUT2D eigenvalue weighted by molar-refractivity contribution is -0.118. The first-order valence-electron chi connectivity index (χ1n) is 12.1. The molecule has 2 atom stereocenters. The fourth-order valence-corrected chi connectivity index (χ4v) is 6.33. The molecule has 0 saturated heterocycles. The Kier molecular flexibility index (Phi) is 9.31. The molecule has 0 bridgehead atoms. The number of hydrogen-bond donors (Lipinski definition) is 2. The number of ether oxygens (including phenoxy) is 1. The Morgan fingerprint density at radius 1 is 1.08 bits per heavy atom. The number of amides is 2. The van der Waals surface area contributed by atoms with Gasteiger partial charge in [0.15, 0.2) is 9.92 Å². The molecule has 2 unspecified atom stereocenters. The van der Waals surface area contributed by atoms with Crippen LogP contribution in [0.5, 0.6) is 0 Å². The van der Waals surface area contributed by atoms with Crippen molar-refractivity contribution in [3.63, 3.8) is 0 Å². The van der Waals surface area contributed by atoms with E-state index in [4.69, 9.17) is 4.74 Å². The Morgan fingerprint density at radius 3 is 2.00 bits per heavy atom. The molecule has 2 N–H and O–H groups in total. The molecule has 1 aromatic heterocycles. The summed E-state index contributed by atoms with van der Waals surface area (Å²) in [6.07, 6.45) is 0.197. The fraction of sp³-hybridized carbons (Fsp3) is 0.577. The van der Waals surface area contributed by atoms with Crippen LogP contribution in [0.4, 0.5) is 9.18 Å².